The fourth-order valence-electron chi connectivity index (χ4n) is 3.68. The summed E-state index contributed by atoms with van der Waals surface area (Å²) in [7, 11) is 0. The normalized spacial score (nSPS) is 11.2. The number of aromatic nitrogens is 2. The largest absolute Gasteiger partial charge is 0.342 e. The lowest BCUT2D eigenvalue weighted by Gasteiger charge is -2.15. The molecule has 3 aromatic carbocycles. The molecule has 0 N–H and O–H groups in total. The third-order valence-corrected chi connectivity index (χ3v) is 5.08. The summed E-state index contributed by atoms with van der Waals surface area (Å²) < 4.78 is 2.28. The molecule has 0 saturated carbocycles. The number of nitrogens with zero attached hydrogens (tertiary/aromatic N) is 2. The van der Waals surface area contributed by atoms with Crippen molar-refractivity contribution in [3.05, 3.63) is 114 Å². The van der Waals surface area contributed by atoms with Crippen molar-refractivity contribution in [2.24, 2.45) is 0 Å². The maximum atomic E-state index is 4.96. The number of hydrogen-bond acceptors (Lipinski definition) is 1. The van der Waals surface area contributed by atoms with Gasteiger partial charge in [0.15, 0.2) is 0 Å². The van der Waals surface area contributed by atoms with E-state index >= 15 is 0 Å². The maximum Gasteiger partial charge on any atom is 0.0953 e. The summed E-state index contributed by atoms with van der Waals surface area (Å²) in [6.07, 6.45) is 6.52. The molecule has 2 aliphatic rings. The van der Waals surface area contributed by atoms with Gasteiger partial charge in [0.2, 0.25) is 0 Å². The number of rotatable bonds is 4. The van der Waals surface area contributed by atoms with E-state index < -0.39 is 0 Å². The monoisotopic (exact) mass is 440 g/mol. The Bertz CT molecular complexity index is 1220. The van der Waals surface area contributed by atoms with Gasteiger partial charge in [0, 0.05) is 23.7 Å². The second kappa shape index (κ2) is 8.46. The van der Waals surface area contributed by atoms with Crippen molar-refractivity contribution in [2.75, 3.05) is 0 Å². The van der Waals surface area contributed by atoms with Gasteiger partial charge in [-0.3, -0.25) is 0 Å². The van der Waals surface area contributed by atoms with Crippen LogP contribution in [-0.2, 0) is 6.54 Å². The molecule has 0 saturated heterocycles. The molecule has 3 aromatic rings. The third-order valence-electron chi connectivity index (χ3n) is 5.08. The minimum absolute atomic E-state index is 0. The average molecular weight is 441 g/mol. The molecule has 0 amide bonds. The van der Waals surface area contributed by atoms with Crippen molar-refractivity contribution in [1.29, 1.82) is 0 Å². The molecule has 0 atom stereocenters. The third kappa shape index (κ3) is 3.87. The Morgan fingerprint density at radius 3 is 2.21 bits per heavy atom. The van der Waals surface area contributed by atoms with Crippen molar-refractivity contribution < 1.29 is 0 Å². The standard InChI is InChI=1S/C26H20N2.BrH/c1-3-9-20(10-4-1)15-16-25-26-23(22-13-7-8-14-24(22)27-26)17-18-28(25)19-21-11-5-2-6-12-21;/h1-18H,19H2;1H. The summed E-state index contributed by atoms with van der Waals surface area (Å²) in [5, 5.41) is 1.21. The first kappa shape index (κ1) is 19.2. The van der Waals surface area contributed by atoms with Gasteiger partial charge in [-0.15, -0.1) is 17.0 Å². The van der Waals surface area contributed by atoms with Crippen LogP contribution in [-0.4, -0.2) is 9.55 Å². The second-order valence-corrected chi connectivity index (χ2v) is 6.95. The Kier molecular flexibility index (Phi) is 5.59. The van der Waals surface area contributed by atoms with Crippen molar-refractivity contribution >= 4 is 40.0 Å². The van der Waals surface area contributed by atoms with E-state index in [1.54, 1.807) is 0 Å². The van der Waals surface area contributed by atoms with Gasteiger partial charge in [-0.1, -0.05) is 84.9 Å². The smallest absolute Gasteiger partial charge is 0.0953 e. The van der Waals surface area contributed by atoms with Crippen LogP contribution in [0.5, 0.6) is 0 Å². The number of para-hydroxylation sites is 1. The van der Waals surface area contributed by atoms with E-state index in [0.29, 0.717) is 0 Å². The number of halogens is 1. The van der Waals surface area contributed by atoms with Crippen LogP contribution < -0.4 is 0 Å². The van der Waals surface area contributed by atoms with Crippen LogP contribution in [0, 0.1) is 0 Å². The number of fused-ring (bicyclic) bond motifs is 3. The number of pyridine rings is 1. The summed E-state index contributed by atoms with van der Waals surface area (Å²) in [6.45, 7) is 0.814. The summed E-state index contributed by atoms with van der Waals surface area (Å²) in [6, 6.07) is 31.5. The van der Waals surface area contributed by atoms with Crippen molar-refractivity contribution in [2.45, 2.75) is 6.54 Å². The molecule has 5 rings (SSSR count). The molecular formula is C26H21BrN2. The first-order valence-corrected chi connectivity index (χ1v) is 9.53. The number of benzene rings is 3. The van der Waals surface area contributed by atoms with E-state index in [-0.39, 0.29) is 17.0 Å². The minimum atomic E-state index is 0. The van der Waals surface area contributed by atoms with Crippen LogP contribution in [0.25, 0.3) is 34.3 Å². The number of hydrogen-bond donors (Lipinski definition) is 0. The topological polar surface area (TPSA) is 17.8 Å². The van der Waals surface area contributed by atoms with Gasteiger partial charge in [0.25, 0.3) is 0 Å². The molecule has 0 aromatic heterocycles. The SMILES string of the molecule is Br.C(=Cc1c2nc3ccccc3c-2ccn1Cc1ccccc1)c1ccccc1. The Morgan fingerprint density at radius 1 is 0.724 bits per heavy atom. The van der Waals surface area contributed by atoms with Crippen LogP contribution in [0.2, 0.25) is 0 Å². The van der Waals surface area contributed by atoms with E-state index in [9.17, 15) is 0 Å². The van der Waals surface area contributed by atoms with Crippen molar-refractivity contribution in [3.8, 4) is 11.3 Å². The Morgan fingerprint density at radius 2 is 1.41 bits per heavy atom. The van der Waals surface area contributed by atoms with Crippen LogP contribution in [0.15, 0.2) is 97.2 Å². The van der Waals surface area contributed by atoms with Gasteiger partial charge in [0.05, 0.1) is 16.9 Å². The predicted molar refractivity (Wildman–Crippen MR) is 128 cm³/mol. The van der Waals surface area contributed by atoms with Crippen molar-refractivity contribution in [3.63, 3.8) is 0 Å². The predicted octanol–water partition coefficient (Wildman–Crippen LogP) is 6.94. The maximum absolute atomic E-state index is 4.96. The van der Waals surface area contributed by atoms with Crippen LogP contribution >= 0.6 is 17.0 Å². The van der Waals surface area contributed by atoms with Gasteiger partial charge >= 0.3 is 0 Å². The molecule has 2 heterocycles. The van der Waals surface area contributed by atoms with E-state index in [1.165, 1.54) is 22.1 Å². The molecule has 0 unspecified atom stereocenters. The molecule has 2 nitrogen and oxygen atoms in total. The molecule has 3 heteroatoms. The first-order valence-electron chi connectivity index (χ1n) is 9.53. The quantitative estimate of drug-likeness (QED) is 0.296. The summed E-state index contributed by atoms with van der Waals surface area (Å²) >= 11 is 0. The molecule has 0 bridgehead atoms. The highest BCUT2D eigenvalue weighted by Crippen LogP contribution is 2.34. The second-order valence-electron chi connectivity index (χ2n) is 6.95. The van der Waals surface area contributed by atoms with Gasteiger partial charge in [-0.05, 0) is 29.3 Å². The first-order chi connectivity index (χ1) is 13.9. The van der Waals surface area contributed by atoms with E-state index in [1.807, 2.05) is 12.1 Å². The zero-order chi connectivity index (χ0) is 18.8. The average Bonchev–Trinajstić information content (AvgIpc) is 3.13. The fourth-order valence-corrected chi connectivity index (χ4v) is 3.68. The fraction of sp³-hybridized carbons (Fsp3) is 0.0385. The highest BCUT2D eigenvalue weighted by atomic mass is 79.9. The van der Waals surface area contributed by atoms with Crippen LogP contribution in [0.1, 0.15) is 16.8 Å². The molecule has 142 valence electrons. The molecule has 0 spiro atoms. The van der Waals surface area contributed by atoms with Gasteiger partial charge in [-0.25, -0.2) is 4.98 Å². The lowest BCUT2D eigenvalue weighted by molar-refractivity contribution is 0.781. The summed E-state index contributed by atoms with van der Waals surface area (Å²) in [5.74, 6) is 0. The molecule has 2 aliphatic heterocycles. The highest BCUT2D eigenvalue weighted by Gasteiger charge is 2.16. The lowest BCUT2D eigenvalue weighted by Crippen LogP contribution is -2.06. The minimum Gasteiger partial charge on any atom is -0.342 e. The summed E-state index contributed by atoms with van der Waals surface area (Å²) in [4.78, 5) is 4.96. The van der Waals surface area contributed by atoms with Crippen LogP contribution in [0.4, 0.5) is 0 Å². The Hall–Kier alpha value is -3.17. The molecule has 0 fully saturated rings. The van der Waals surface area contributed by atoms with Crippen molar-refractivity contribution in [1.82, 2.24) is 9.55 Å². The van der Waals surface area contributed by atoms with E-state index in [0.717, 1.165) is 23.4 Å². The van der Waals surface area contributed by atoms with Gasteiger partial charge < -0.3 is 4.57 Å². The van der Waals surface area contributed by atoms with Gasteiger partial charge in [0.1, 0.15) is 0 Å². The summed E-state index contributed by atoms with van der Waals surface area (Å²) in [5.41, 5.74) is 6.88. The molecule has 29 heavy (non-hydrogen) atoms. The molecular weight excluding hydrogens is 420 g/mol. The Labute approximate surface area is 181 Å². The highest BCUT2D eigenvalue weighted by molar-refractivity contribution is 8.93. The zero-order valence-electron chi connectivity index (χ0n) is 15.9. The molecule has 0 radical (unpaired) electrons. The Balaban J connectivity index is 0.00000205. The van der Waals surface area contributed by atoms with E-state index in [2.05, 4.69) is 102 Å². The molecule has 0 aliphatic carbocycles. The zero-order valence-corrected chi connectivity index (χ0v) is 17.6. The van der Waals surface area contributed by atoms with Gasteiger partial charge in [-0.2, -0.15) is 0 Å². The lowest BCUT2D eigenvalue weighted by atomic mass is 10.1. The van der Waals surface area contributed by atoms with E-state index in [4.69, 9.17) is 4.98 Å². The van der Waals surface area contributed by atoms with Crippen LogP contribution in [0.3, 0.4) is 0 Å².